The summed E-state index contributed by atoms with van der Waals surface area (Å²) in [6.45, 7) is 0.131. The number of benzene rings is 1. The molecule has 6 nitrogen and oxygen atoms in total. The summed E-state index contributed by atoms with van der Waals surface area (Å²) in [4.78, 5) is 0. The fourth-order valence-electron chi connectivity index (χ4n) is 2.82. The minimum Gasteiger partial charge on any atom is -0.392 e. The lowest BCUT2D eigenvalue weighted by Gasteiger charge is -2.45. The van der Waals surface area contributed by atoms with E-state index < -0.39 is 24.8 Å². The molecule has 6 heteroatoms. The van der Waals surface area contributed by atoms with Crippen LogP contribution in [0.4, 0.5) is 0 Å². The number of hydrogen-bond acceptors (Lipinski definition) is 6. The maximum Gasteiger partial charge on any atom is 0.187 e. The molecule has 5 atom stereocenters. The van der Waals surface area contributed by atoms with E-state index in [1.807, 2.05) is 30.3 Å². The second-order valence-electron chi connectivity index (χ2n) is 5.24. The highest BCUT2D eigenvalue weighted by atomic mass is 16.7. The molecule has 2 fully saturated rings. The summed E-state index contributed by atoms with van der Waals surface area (Å²) in [6, 6.07) is 9.57. The molecule has 3 rings (SSSR count). The largest absolute Gasteiger partial charge is 0.392 e. The molecular weight excluding hydrogens is 288 g/mol. The van der Waals surface area contributed by atoms with Gasteiger partial charge in [-0.1, -0.05) is 36.4 Å². The average molecular weight is 308 g/mol. The van der Waals surface area contributed by atoms with Crippen LogP contribution in [0, 0.1) is 0 Å². The first-order valence-corrected chi connectivity index (χ1v) is 7.23. The topological polar surface area (TPSA) is 77.4 Å². The van der Waals surface area contributed by atoms with Gasteiger partial charge in [0, 0.05) is 12.7 Å². The van der Waals surface area contributed by atoms with E-state index >= 15 is 0 Å². The molecule has 2 heterocycles. The summed E-state index contributed by atoms with van der Waals surface area (Å²) in [7, 11) is 1.46. The van der Waals surface area contributed by atoms with E-state index in [0.29, 0.717) is 12.2 Å². The summed E-state index contributed by atoms with van der Waals surface area (Å²) in [6.07, 6.45) is -1.62. The van der Waals surface area contributed by atoms with Crippen molar-refractivity contribution in [2.75, 3.05) is 20.3 Å². The lowest BCUT2D eigenvalue weighted by molar-refractivity contribution is -0.314. The molecule has 0 bridgehead atoms. The number of methoxy groups -OCH3 is 1. The molecule has 0 spiro atoms. The van der Waals surface area contributed by atoms with E-state index in [-0.39, 0.29) is 12.7 Å². The number of ether oxygens (including phenoxy) is 4. The molecule has 2 aliphatic heterocycles. The van der Waals surface area contributed by atoms with Crippen LogP contribution in [0.15, 0.2) is 42.0 Å². The SMILES string of the molecule is CO[C@H]1O[C@@H]2CO[C@@H](c3ccccc3)O[C@H]2/C(=C/CO)[C@H]1O. The third-order valence-electron chi connectivity index (χ3n) is 3.89. The van der Waals surface area contributed by atoms with Crippen LogP contribution in [-0.4, -0.2) is 55.1 Å². The second-order valence-corrected chi connectivity index (χ2v) is 5.24. The van der Waals surface area contributed by atoms with Crippen molar-refractivity contribution < 1.29 is 29.2 Å². The van der Waals surface area contributed by atoms with E-state index in [1.54, 1.807) is 6.08 Å². The molecule has 120 valence electrons. The summed E-state index contributed by atoms with van der Waals surface area (Å²) in [5, 5.41) is 19.5. The van der Waals surface area contributed by atoms with E-state index in [0.717, 1.165) is 5.56 Å². The van der Waals surface area contributed by atoms with Crippen LogP contribution in [0.5, 0.6) is 0 Å². The van der Waals surface area contributed by atoms with Crippen molar-refractivity contribution >= 4 is 0 Å². The number of aliphatic hydroxyl groups is 2. The zero-order valence-electron chi connectivity index (χ0n) is 12.3. The van der Waals surface area contributed by atoms with Gasteiger partial charge in [-0.05, 0) is 5.57 Å². The Morgan fingerprint density at radius 2 is 2.05 bits per heavy atom. The molecular formula is C16H20O6. The molecule has 0 aliphatic carbocycles. The Morgan fingerprint density at radius 3 is 2.73 bits per heavy atom. The molecule has 2 aliphatic rings. The Kier molecular flexibility index (Phi) is 4.87. The summed E-state index contributed by atoms with van der Waals surface area (Å²) >= 11 is 0. The van der Waals surface area contributed by atoms with Gasteiger partial charge in [0.05, 0.1) is 13.2 Å². The molecule has 0 unspecified atom stereocenters. The van der Waals surface area contributed by atoms with Gasteiger partial charge >= 0.3 is 0 Å². The maximum atomic E-state index is 10.3. The van der Waals surface area contributed by atoms with E-state index in [1.165, 1.54) is 7.11 Å². The van der Waals surface area contributed by atoms with Crippen LogP contribution >= 0.6 is 0 Å². The Bertz CT molecular complexity index is 517. The van der Waals surface area contributed by atoms with Crippen LogP contribution in [0.2, 0.25) is 0 Å². The first kappa shape index (κ1) is 15.6. The Balaban J connectivity index is 1.82. The van der Waals surface area contributed by atoms with Gasteiger partial charge in [0.25, 0.3) is 0 Å². The quantitative estimate of drug-likeness (QED) is 0.803. The third-order valence-corrected chi connectivity index (χ3v) is 3.89. The Morgan fingerprint density at radius 1 is 1.27 bits per heavy atom. The molecule has 0 radical (unpaired) electrons. The summed E-state index contributed by atoms with van der Waals surface area (Å²) < 4.78 is 22.5. The summed E-state index contributed by atoms with van der Waals surface area (Å²) in [5.74, 6) is 0. The monoisotopic (exact) mass is 308 g/mol. The van der Waals surface area contributed by atoms with Crippen LogP contribution in [0.25, 0.3) is 0 Å². The predicted molar refractivity (Wildman–Crippen MR) is 76.9 cm³/mol. The molecule has 0 amide bonds. The average Bonchev–Trinajstić information content (AvgIpc) is 2.57. The zero-order chi connectivity index (χ0) is 15.5. The van der Waals surface area contributed by atoms with Crippen LogP contribution in [0.3, 0.4) is 0 Å². The number of hydrogen-bond donors (Lipinski definition) is 2. The lowest BCUT2D eigenvalue weighted by Crippen LogP contribution is -2.55. The third kappa shape index (κ3) is 2.94. The van der Waals surface area contributed by atoms with Crippen molar-refractivity contribution in [1.29, 1.82) is 0 Å². The van der Waals surface area contributed by atoms with Gasteiger partial charge in [-0.2, -0.15) is 0 Å². The summed E-state index contributed by atoms with van der Waals surface area (Å²) in [5.41, 5.74) is 1.46. The maximum absolute atomic E-state index is 10.3. The first-order valence-electron chi connectivity index (χ1n) is 7.23. The fraction of sp³-hybridized carbons (Fsp3) is 0.500. The molecule has 1 aromatic rings. The molecule has 0 aromatic heterocycles. The van der Waals surface area contributed by atoms with Crippen LogP contribution < -0.4 is 0 Å². The highest BCUT2D eigenvalue weighted by molar-refractivity contribution is 5.22. The van der Waals surface area contributed by atoms with Gasteiger partial charge in [0.2, 0.25) is 0 Å². The molecule has 0 saturated carbocycles. The van der Waals surface area contributed by atoms with Crippen molar-refractivity contribution in [3.63, 3.8) is 0 Å². The van der Waals surface area contributed by atoms with E-state index in [9.17, 15) is 10.2 Å². The molecule has 2 N–H and O–H groups in total. The minimum absolute atomic E-state index is 0.188. The normalized spacial score (nSPS) is 37.0. The van der Waals surface area contributed by atoms with Gasteiger partial charge in [-0.25, -0.2) is 0 Å². The van der Waals surface area contributed by atoms with Crippen molar-refractivity contribution in [3.8, 4) is 0 Å². The molecule has 22 heavy (non-hydrogen) atoms. The van der Waals surface area contributed by atoms with Crippen molar-refractivity contribution in [1.82, 2.24) is 0 Å². The highest BCUT2D eigenvalue weighted by Gasteiger charge is 2.45. The van der Waals surface area contributed by atoms with Gasteiger partial charge in [-0.3, -0.25) is 0 Å². The predicted octanol–water partition coefficient (Wildman–Crippen LogP) is 0.752. The van der Waals surface area contributed by atoms with Crippen molar-refractivity contribution in [2.24, 2.45) is 0 Å². The van der Waals surface area contributed by atoms with Crippen LogP contribution in [-0.2, 0) is 18.9 Å². The number of fused-ring (bicyclic) bond motifs is 1. The fourth-order valence-corrected chi connectivity index (χ4v) is 2.82. The van der Waals surface area contributed by atoms with Gasteiger partial charge in [0.15, 0.2) is 12.6 Å². The Labute approximate surface area is 128 Å². The van der Waals surface area contributed by atoms with E-state index in [2.05, 4.69) is 0 Å². The van der Waals surface area contributed by atoms with Crippen LogP contribution in [0.1, 0.15) is 11.9 Å². The first-order chi connectivity index (χ1) is 10.7. The zero-order valence-corrected chi connectivity index (χ0v) is 12.3. The molecule has 1 aromatic carbocycles. The Hall–Kier alpha value is -1.28. The number of rotatable bonds is 3. The van der Waals surface area contributed by atoms with Crippen molar-refractivity contribution in [2.45, 2.75) is 30.9 Å². The highest BCUT2D eigenvalue weighted by Crippen LogP contribution is 2.36. The molecule has 2 saturated heterocycles. The lowest BCUT2D eigenvalue weighted by atomic mass is 9.94. The van der Waals surface area contributed by atoms with Gasteiger partial charge in [0.1, 0.15) is 18.3 Å². The second kappa shape index (κ2) is 6.87. The standard InChI is InChI=1S/C16H20O6/c1-19-16-13(18)11(7-8-17)14-12(21-16)9-20-15(22-14)10-5-3-2-4-6-10/h2-7,12-18H,8-9H2,1H3/b11-7+/t12-,13-,14+,15-,16+/m1/s1. The number of aliphatic hydroxyl groups excluding tert-OH is 2. The minimum atomic E-state index is -0.979. The smallest absolute Gasteiger partial charge is 0.187 e. The van der Waals surface area contributed by atoms with E-state index in [4.69, 9.17) is 18.9 Å². The van der Waals surface area contributed by atoms with Crippen molar-refractivity contribution in [3.05, 3.63) is 47.5 Å². The van der Waals surface area contributed by atoms with Gasteiger partial charge in [-0.15, -0.1) is 0 Å². The van der Waals surface area contributed by atoms with Gasteiger partial charge < -0.3 is 29.2 Å².